The minimum atomic E-state index is -0.0262. The van der Waals surface area contributed by atoms with Crippen LogP contribution in [0.4, 0.5) is 4.79 Å². The van der Waals surface area contributed by atoms with Crippen molar-refractivity contribution in [1.29, 1.82) is 0 Å². The molecule has 0 aromatic rings. The normalized spacial score (nSPS) is 20.9. The van der Waals surface area contributed by atoms with Crippen LogP contribution in [0, 0.1) is 0 Å². The van der Waals surface area contributed by atoms with Crippen LogP contribution >= 0.6 is 0 Å². The van der Waals surface area contributed by atoms with Gasteiger partial charge in [-0.2, -0.15) is 0 Å². The lowest BCUT2D eigenvalue weighted by Gasteiger charge is -2.36. The van der Waals surface area contributed by atoms with Gasteiger partial charge >= 0.3 is 6.03 Å². The molecule has 0 aliphatic carbocycles. The second-order valence-electron chi connectivity index (χ2n) is 5.23. The van der Waals surface area contributed by atoms with Gasteiger partial charge < -0.3 is 20.4 Å². The minimum Gasteiger partial charge on any atom is -0.338 e. The SMILES string of the molecule is CCNC(=O)N1CCN(C(=O)CN2CCNCC2)CC1. The Kier molecular flexibility index (Phi) is 5.60. The summed E-state index contributed by atoms with van der Waals surface area (Å²) in [7, 11) is 0. The fourth-order valence-corrected chi connectivity index (χ4v) is 2.58. The number of rotatable bonds is 3. The van der Waals surface area contributed by atoms with Crippen LogP contribution in [0.5, 0.6) is 0 Å². The molecule has 0 atom stereocenters. The molecule has 0 radical (unpaired) electrons. The van der Waals surface area contributed by atoms with E-state index in [1.807, 2.05) is 11.8 Å². The van der Waals surface area contributed by atoms with Crippen molar-refractivity contribution in [2.24, 2.45) is 0 Å². The van der Waals surface area contributed by atoms with E-state index in [9.17, 15) is 9.59 Å². The van der Waals surface area contributed by atoms with Crippen molar-refractivity contribution >= 4 is 11.9 Å². The van der Waals surface area contributed by atoms with Gasteiger partial charge in [0, 0.05) is 58.9 Å². The summed E-state index contributed by atoms with van der Waals surface area (Å²) in [5.41, 5.74) is 0. The summed E-state index contributed by atoms with van der Waals surface area (Å²) in [6, 6.07) is -0.0262. The molecule has 7 nitrogen and oxygen atoms in total. The first-order valence-corrected chi connectivity index (χ1v) is 7.44. The van der Waals surface area contributed by atoms with Gasteiger partial charge in [0.25, 0.3) is 0 Å². The second kappa shape index (κ2) is 7.44. The predicted molar refractivity (Wildman–Crippen MR) is 76.5 cm³/mol. The van der Waals surface area contributed by atoms with Crippen LogP contribution in [-0.2, 0) is 4.79 Å². The highest BCUT2D eigenvalue weighted by atomic mass is 16.2. The molecule has 0 spiro atoms. The Morgan fingerprint density at radius 2 is 1.60 bits per heavy atom. The fraction of sp³-hybridized carbons (Fsp3) is 0.846. The lowest BCUT2D eigenvalue weighted by molar-refractivity contribution is -0.134. The van der Waals surface area contributed by atoms with Crippen molar-refractivity contribution in [3.05, 3.63) is 0 Å². The maximum atomic E-state index is 12.2. The molecule has 2 aliphatic heterocycles. The molecule has 2 aliphatic rings. The zero-order chi connectivity index (χ0) is 14.4. The lowest BCUT2D eigenvalue weighted by atomic mass is 10.3. The number of carbonyl (C=O) groups excluding carboxylic acids is 2. The molecule has 0 bridgehead atoms. The number of amides is 3. The van der Waals surface area contributed by atoms with Crippen LogP contribution in [0.15, 0.2) is 0 Å². The molecule has 3 amide bonds. The van der Waals surface area contributed by atoms with Gasteiger partial charge in [0.05, 0.1) is 6.54 Å². The number of carbonyl (C=O) groups is 2. The molecule has 0 unspecified atom stereocenters. The maximum absolute atomic E-state index is 12.2. The Hall–Kier alpha value is -1.34. The van der Waals surface area contributed by atoms with E-state index >= 15 is 0 Å². The zero-order valence-corrected chi connectivity index (χ0v) is 12.2. The molecule has 0 aromatic heterocycles. The largest absolute Gasteiger partial charge is 0.338 e. The number of hydrogen-bond donors (Lipinski definition) is 2. The standard InChI is InChI=1S/C13H25N5O2/c1-2-15-13(20)18-9-7-17(8-10-18)12(19)11-16-5-3-14-4-6-16/h14H,2-11H2,1H3,(H,15,20). The molecule has 114 valence electrons. The third-order valence-corrected chi connectivity index (χ3v) is 3.82. The third-order valence-electron chi connectivity index (χ3n) is 3.82. The smallest absolute Gasteiger partial charge is 0.317 e. The second-order valence-corrected chi connectivity index (χ2v) is 5.23. The van der Waals surface area contributed by atoms with Crippen molar-refractivity contribution in [3.8, 4) is 0 Å². The molecule has 2 fully saturated rings. The molecular weight excluding hydrogens is 258 g/mol. The van der Waals surface area contributed by atoms with Gasteiger partial charge in [-0.05, 0) is 6.92 Å². The predicted octanol–water partition coefficient (Wildman–Crippen LogP) is -1.23. The number of piperazine rings is 2. The average Bonchev–Trinajstić information content (AvgIpc) is 2.48. The monoisotopic (exact) mass is 283 g/mol. The van der Waals surface area contributed by atoms with Crippen molar-refractivity contribution in [2.45, 2.75) is 6.92 Å². The van der Waals surface area contributed by atoms with Crippen molar-refractivity contribution < 1.29 is 9.59 Å². The van der Waals surface area contributed by atoms with E-state index in [-0.39, 0.29) is 11.9 Å². The summed E-state index contributed by atoms with van der Waals surface area (Å²) < 4.78 is 0. The maximum Gasteiger partial charge on any atom is 0.317 e. The van der Waals surface area contributed by atoms with Gasteiger partial charge in [0.1, 0.15) is 0 Å². The van der Waals surface area contributed by atoms with Gasteiger partial charge in [-0.15, -0.1) is 0 Å². The van der Waals surface area contributed by atoms with E-state index in [0.29, 0.717) is 39.3 Å². The number of nitrogens with zero attached hydrogens (tertiary/aromatic N) is 3. The first-order valence-electron chi connectivity index (χ1n) is 7.44. The van der Waals surface area contributed by atoms with Gasteiger partial charge in [0.2, 0.25) is 5.91 Å². The van der Waals surface area contributed by atoms with Crippen molar-refractivity contribution in [1.82, 2.24) is 25.3 Å². The summed E-state index contributed by atoms with van der Waals surface area (Å²) in [5, 5.41) is 6.07. The highest BCUT2D eigenvalue weighted by Gasteiger charge is 2.25. The quantitative estimate of drug-likeness (QED) is 0.680. The van der Waals surface area contributed by atoms with Gasteiger partial charge in [0.15, 0.2) is 0 Å². The molecular formula is C13H25N5O2. The van der Waals surface area contributed by atoms with Crippen LogP contribution < -0.4 is 10.6 Å². The highest BCUT2D eigenvalue weighted by Crippen LogP contribution is 2.04. The summed E-state index contributed by atoms with van der Waals surface area (Å²) >= 11 is 0. The Bertz CT molecular complexity index is 336. The minimum absolute atomic E-state index is 0.0262. The molecule has 2 saturated heterocycles. The molecule has 2 N–H and O–H groups in total. The summed E-state index contributed by atoms with van der Waals surface area (Å²) in [5.74, 6) is 0.183. The van der Waals surface area contributed by atoms with Crippen LogP contribution in [0.25, 0.3) is 0 Å². The first kappa shape index (κ1) is 15.1. The van der Waals surface area contributed by atoms with E-state index < -0.39 is 0 Å². The zero-order valence-electron chi connectivity index (χ0n) is 12.2. The van der Waals surface area contributed by atoms with Gasteiger partial charge in [-0.25, -0.2) is 4.79 Å². The highest BCUT2D eigenvalue weighted by molar-refractivity contribution is 5.79. The summed E-state index contributed by atoms with van der Waals surface area (Å²) in [4.78, 5) is 29.7. The first-order chi connectivity index (χ1) is 9.70. The molecule has 7 heteroatoms. The fourth-order valence-electron chi connectivity index (χ4n) is 2.58. The van der Waals surface area contributed by atoms with E-state index in [0.717, 1.165) is 26.2 Å². The number of urea groups is 1. The topological polar surface area (TPSA) is 67.9 Å². The molecule has 0 aromatic carbocycles. The van der Waals surface area contributed by atoms with Gasteiger partial charge in [-0.1, -0.05) is 0 Å². The lowest BCUT2D eigenvalue weighted by Crippen LogP contribution is -2.55. The van der Waals surface area contributed by atoms with Crippen LogP contribution in [0.3, 0.4) is 0 Å². The van der Waals surface area contributed by atoms with Crippen LogP contribution in [0.1, 0.15) is 6.92 Å². The Morgan fingerprint density at radius 3 is 2.20 bits per heavy atom. The average molecular weight is 283 g/mol. The molecule has 20 heavy (non-hydrogen) atoms. The van der Waals surface area contributed by atoms with Crippen LogP contribution in [0.2, 0.25) is 0 Å². The Labute approximate surface area is 120 Å². The third kappa shape index (κ3) is 4.08. The summed E-state index contributed by atoms with van der Waals surface area (Å²) in [6.07, 6.45) is 0. The Balaban J connectivity index is 1.72. The Morgan fingerprint density at radius 1 is 1.00 bits per heavy atom. The van der Waals surface area contributed by atoms with E-state index in [2.05, 4.69) is 15.5 Å². The molecule has 2 rings (SSSR count). The van der Waals surface area contributed by atoms with Crippen molar-refractivity contribution in [2.75, 3.05) is 65.4 Å². The molecule has 2 heterocycles. The summed E-state index contributed by atoms with van der Waals surface area (Å²) in [6.45, 7) is 9.36. The number of hydrogen-bond acceptors (Lipinski definition) is 4. The van der Waals surface area contributed by atoms with E-state index in [1.165, 1.54) is 0 Å². The van der Waals surface area contributed by atoms with Gasteiger partial charge in [-0.3, -0.25) is 9.69 Å². The van der Waals surface area contributed by atoms with E-state index in [1.54, 1.807) is 4.90 Å². The number of nitrogens with one attached hydrogen (secondary N) is 2. The molecule has 0 saturated carbocycles. The van der Waals surface area contributed by atoms with Crippen LogP contribution in [-0.4, -0.2) is 92.1 Å². The van der Waals surface area contributed by atoms with Crippen molar-refractivity contribution in [3.63, 3.8) is 0 Å². The van der Waals surface area contributed by atoms with E-state index in [4.69, 9.17) is 0 Å².